The largest absolute Gasteiger partial charge is 0.443 e. The van der Waals surface area contributed by atoms with Gasteiger partial charge in [-0.2, -0.15) is 0 Å². The van der Waals surface area contributed by atoms with E-state index < -0.39 is 14.7 Å². The van der Waals surface area contributed by atoms with Crippen LogP contribution in [-0.4, -0.2) is 26.7 Å². The summed E-state index contributed by atoms with van der Waals surface area (Å²) in [6.07, 6.45) is 0. The molecule has 0 N–H and O–H groups in total. The summed E-state index contributed by atoms with van der Waals surface area (Å²) in [7, 11) is -5.17. The first-order valence-corrected chi connectivity index (χ1v) is 9.79. The van der Waals surface area contributed by atoms with Gasteiger partial charge in [-0.3, -0.25) is 9.13 Å². The number of hydrogen-bond acceptors (Lipinski definition) is 4. The minimum absolute atomic E-state index is 0.458. The van der Waals surface area contributed by atoms with Crippen LogP contribution in [0.4, 0.5) is 0 Å². The maximum Gasteiger partial charge on any atom is 0.242 e. The van der Waals surface area contributed by atoms with E-state index in [0.717, 1.165) is 0 Å². The fraction of sp³-hybridized carbons (Fsp3) is 0.400. The van der Waals surface area contributed by atoms with Crippen molar-refractivity contribution in [3.05, 3.63) is 24.3 Å². The molecule has 0 saturated carbocycles. The zero-order chi connectivity index (χ0) is 12.4. The molecule has 0 fully saturated rings. The lowest BCUT2D eigenvalue weighted by Crippen LogP contribution is -1.91. The molecule has 0 atom stereocenters. The Bertz CT molecular complexity index is 418. The van der Waals surface area contributed by atoms with E-state index in [4.69, 9.17) is 9.05 Å². The first-order chi connectivity index (χ1) is 7.16. The predicted molar refractivity (Wildman–Crippen MR) is 66.6 cm³/mol. The molecule has 0 aromatic heterocycles. The van der Waals surface area contributed by atoms with Crippen LogP contribution in [0.15, 0.2) is 24.3 Å². The molecule has 1 aromatic carbocycles. The van der Waals surface area contributed by atoms with Gasteiger partial charge in [-0.1, -0.05) is 6.07 Å². The third-order valence-electron chi connectivity index (χ3n) is 1.46. The lowest BCUT2D eigenvalue weighted by atomic mass is 10.3. The van der Waals surface area contributed by atoms with Gasteiger partial charge in [0.15, 0.2) is 0 Å². The van der Waals surface area contributed by atoms with E-state index in [-0.39, 0.29) is 0 Å². The average Bonchev–Trinajstić information content (AvgIpc) is 1.96. The van der Waals surface area contributed by atoms with Crippen LogP contribution in [0.1, 0.15) is 0 Å². The van der Waals surface area contributed by atoms with Crippen molar-refractivity contribution in [3.63, 3.8) is 0 Å². The molecule has 0 aliphatic heterocycles. The van der Waals surface area contributed by atoms with Gasteiger partial charge in [-0.05, 0) is 12.1 Å². The third-order valence-corrected chi connectivity index (χ3v) is 2.76. The molecule has 0 spiro atoms. The molecule has 16 heavy (non-hydrogen) atoms. The lowest BCUT2D eigenvalue weighted by Gasteiger charge is -2.13. The van der Waals surface area contributed by atoms with Crippen LogP contribution >= 0.6 is 14.7 Å². The van der Waals surface area contributed by atoms with Crippen molar-refractivity contribution in [1.29, 1.82) is 0 Å². The van der Waals surface area contributed by atoms with Crippen LogP contribution in [0.3, 0.4) is 0 Å². The van der Waals surface area contributed by atoms with Gasteiger partial charge in [0.1, 0.15) is 11.5 Å². The topological polar surface area (TPSA) is 52.6 Å². The van der Waals surface area contributed by atoms with E-state index in [1.165, 1.54) is 26.7 Å². The molecule has 0 aliphatic carbocycles. The van der Waals surface area contributed by atoms with Gasteiger partial charge in [-0.25, -0.2) is 0 Å². The van der Waals surface area contributed by atoms with Crippen molar-refractivity contribution in [1.82, 2.24) is 0 Å². The third kappa shape index (κ3) is 5.39. The molecule has 6 heteroatoms. The van der Waals surface area contributed by atoms with Gasteiger partial charge in [0, 0.05) is 32.7 Å². The van der Waals surface area contributed by atoms with E-state index in [2.05, 4.69) is 0 Å². The first kappa shape index (κ1) is 13.3. The monoisotopic (exact) mass is 262 g/mol. The van der Waals surface area contributed by atoms with Crippen LogP contribution in [-0.2, 0) is 9.13 Å². The van der Waals surface area contributed by atoms with Crippen molar-refractivity contribution in [2.75, 3.05) is 26.7 Å². The summed E-state index contributed by atoms with van der Waals surface area (Å²) in [5, 5.41) is 0. The highest BCUT2D eigenvalue weighted by molar-refractivity contribution is 7.58. The van der Waals surface area contributed by atoms with Crippen LogP contribution in [0, 0.1) is 0 Å². The number of benzene rings is 1. The Morgan fingerprint density at radius 1 is 0.875 bits per heavy atom. The SMILES string of the molecule is CP(C)(=O)Oc1cccc(OP(C)(C)=O)c1. The maximum absolute atomic E-state index is 11.5. The normalized spacial score (nSPS) is 12.2. The molecule has 0 amide bonds. The predicted octanol–water partition coefficient (Wildman–Crippen LogP) is 3.52. The number of rotatable bonds is 4. The molecule has 90 valence electrons. The average molecular weight is 262 g/mol. The molecule has 0 unspecified atom stereocenters. The van der Waals surface area contributed by atoms with Gasteiger partial charge >= 0.3 is 0 Å². The Hall–Kier alpha value is -0.720. The Balaban J connectivity index is 2.88. The molecule has 4 nitrogen and oxygen atoms in total. The van der Waals surface area contributed by atoms with Crippen LogP contribution in [0.2, 0.25) is 0 Å². The highest BCUT2D eigenvalue weighted by Crippen LogP contribution is 2.42. The fourth-order valence-electron chi connectivity index (χ4n) is 1.10. The van der Waals surface area contributed by atoms with Crippen molar-refractivity contribution >= 4 is 14.7 Å². The molecule has 0 saturated heterocycles. The Kier molecular flexibility index (Phi) is 3.88. The summed E-state index contributed by atoms with van der Waals surface area (Å²) < 4.78 is 33.4. The minimum Gasteiger partial charge on any atom is -0.443 e. The number of hydrogen-bond donors (Lipinski definition) is 0. The van der Waals surface area contributed by atoms with Gasteiger partial charge in [0.2, 0.25) is 14.7 Å². The standard InChI is InChI=1S/C10H16O4P2/c1-15(2,11)13-9-6-5-7-10(8-9)14-16(3,4)12/h5-8H,1-4H3. The lowest BCUT2D eigenvalue weighted by molar-refractivity contribution is 0.484. The molecular formula is C10H16O4P2. The zero-order valence-corrected chi connectivity index (χ0v) is 11.6. The quantitative estimate of drug-likeness (QED) is 0.779. The molecule has 0 radical (unpaired) electrons. The second-order valence-electron chi connectivity index (χ2n) is 4.16. The van der Waals surface area contributed by atoms with Crippen molar-refractivity contribution < 1.29 is 18.2 Å². The van der Waals surface area contributed by atoms with Gasteiger partial charge in [0.25, 0.3) is 0 Å². The Morgan fingerprint density at radius 3 is 1.56 bits per heavy atom. The van der Waals surface area contributed by atoms with E-state index >= 15 is 0 Å². The summed E-state index contributed by atoms with van der Waals surface area (Å²) in [5.41, 5.74) is 0. The van der Waals surface area contributed by atoms with Gasteiger partial charge in [-0.15, -0.1) is 0 Å². The molecular weight excluding hydrogens is 246 g/mol. The Morgan fingerprint density at radius 2 is 1.25 bits per heavy atom. The second kappa shape index (κ2) is 4.65. The highest BCUT2D eigenvalue weighted by atomic mass is 31.2. The first-order valence-electron chi connectivity index (χ1n) is 4.75. The van der Waals surface area contributed by atoms with Crippen molar-refractivity contribution in [3.8, 4) is 11.5 Å². The van der Waals surface area contributed by atoms with Crippen LogP contribution in [0.5, 0.6) is 11.5 Å². The maximum atomic E-state index is 11.5. The summed E-state index contributed by atoms with van der Waals surface area (Å²) in [6, 6.07) is 6.65. The minimum atomic E-state index is -2.58. The van der Waals surface area contributed by atoms with E-state index in [0.29, 0.717) is 11.5 Å². The van der Waals surface area contributed by atoms with Crippen molar-refractivity contribution in [2.24, 2.45) is 0 Å². The molecule has 1 aromatic rings. The fourth-order valence-corrected chi connectivity index (χ4v) is 2.34. The van der Waals surface area contributed by atoms with Gasteiger partial charge in [0.05, 0.1) is 0 Å². The summed E-state index contributed by atoms with van der Waals surface area (Å²) in [4.78, 5) is 0. The van der Waals surface area contributed by atoms with E-state index in [1.54, 1.807) is 24.3 Å². The van der Waals surface area contributed by atoms with Crippen molar-refractivity contribution in [2.45, 2.75) is 0 Å². The molecule has 0 heterocycles. The van der Waals surface area contributed by atoms with Gasteiger partial charge < -0.3 is 9.05 Å². The second-order valence-corrected chi connectivity index (χ2v) is 9.53. The molecule has 1 rings (SSSR count). The Labute approximate surface area is 95.9 Å². The van der Waals surface area contributed by atoms with Crippen LogP contribution < -0.4 is 9.05 Å². The molecule has 0 bridgehead atoms. The smallest absolute Gasteiger partial charge is 0.242 e. The van der Waals surface area contributed by atoms with Crippen LogP contribution in [0.25, 0.3) is 0 Å². The zero-order valence-electron chi connectivity index (χ0n) is 9.84. The highest BCUT2D eigenvalue weighted by Gasteiger charge is 2.12. The van der Waals surface area contributed by atoms with E-state index in [1.807, 2.05) is 0 Å². The van der Waals surface area contributed by atoms with E-state index in [9.17, 15) is 9.13 Å². The molecule has 0 aliphatic rings. The summed E-state index contributed by atoms with van der Waals surface area (Å²) in [6.45, 7) is 6.13. The summed E-state index contributed by atoms with van der Waals surface area (Å²) >= 11 is 0. The summed E-state index contributed by atoms with van der Waals surface area (Å²) in [5.74, 6) is 0.915.